The maximum atomic E-state index is 12.5. The van der Waals surface area contributed by atoms with E-state index < -0.39 is 0 Å². The van der Waals surface area contributed by atoms with Crippen LogP contribution in [0.25, 0.3) is 0 Å². The first-order valence-electron chi connectivity index (χ1n) is 8.00. The van der Waals surface area contributed by atoms with Gasteiger partial charge in [-0.3, -0.25) is 9.59 Å². The highest BCUT2D eigenvalue weighted by molar-refractivity contribution is 6.02. The van der Waals surface area contributed by atoms with Gasteiger partial charge in [0.25, 0.3) is 0 Å². The monoisotopic (exact) mass is 324 g/mol. The predicted molar refractivity (Wildman–Crippen MR) is 98.5 cm³/mol. The molecule has 0 saturated heterocycles. The molecule has 0 aromatic heterocycles. The molecule has 0 aliphatic carbocycles. The van der Waals surface area contributed by atoms with E-state index in [0.29, 0.717) is 0 Å². The van der Waals surface area contributed by atoms with Crippen molar-refractivity contribution >= 4 is 23.2 Å². The van der Waals surface area contributed by atoms with E-state index in [1.807, 2.05) is 64.1 Å². The van der Waals surface area contributed by atoms with Crippen LogP contribution in [0, 0.1) is 27.7 Å². The number of rotatable bonds is 4. The van der Waals surface area contributed by atoms with Crippen LogP contribution in [0.4, 0.5) is 11.4 Å². The first kappa shape index (κ1) is 17.7. The van der Waals surface area contributed by atoms with Gasteiger partial charge in [-0.15, -0.1) is 0 Å². The van der Waals surface area contributed by atoms with Crippen molar-refractivity contribution in [1.29, 1.82) is 0 Å². The van der Waals surface area contributed by atoms with E-state index in [-0.39, 0.29) is 18.4 Å². The maximum Gasteiger partial charge on any atom is 0.244 e. The fourth-order valence-electron chi connectivity index (χ4n) is 2.58. The number of hydrogen-bond donors (Lipinski definition) is 1. The van der Waals surface area contributed by atoms with Gasteiger partial charge in [-0.05, 0) is 62.1 Å². The van der Waals surface area contributed by atoms with E-state index in [1.54, 1.807) is 0 Å². The number of carbonyl (C=O) groups is 2. The second-order valence-corrected chi connectivity index (χ2v) is 6.26. The molecule has 0 heterocycles. The average Bonchev–Trinajstić information content (AvgIpc) is 2.51. The van der Waals surface area contributed by atoms with Gasteiger partial charge in [0, 0.05) is 18.3 Å². The van der Waals surface area contributed by atoms with Crippen LogP contribution >= 0.6 is 0 Å². The van der Waals surface area contributed by atoms with Gasteiger partial charge in [0.15, 0.2) is 0 Å². The van der Waals surface area contributed by atoms with Gasteiger partial charge in [-0.1, -0.05) is 24.3 Å². The van der Waals surface area contributed by atoms with Crippen LogP contribution in [0.2, 0.25) is 0 Å². The molecule has 1 N–H and O–H groups in total. The van der Waals surface area contributed by atoms with E-state index in [9.17, 15) is 9.59 Å². The zero-order valence-corrected chi connectivity index (χ0v) is 14.9. The Balaban J connectivity index is 2.22. The molecule has 0 saturated carbocycles. The van der Waals surface area contributed by atoms with Crippen LogP contribution in [0.1, 0.15) is 29.2 Å². The molecule has 2 amide bonds. The average molecular weight is 324 g/mol. The highest BCUT2D eigenvalue weighted by Crippen LogP contribution is 2.22. The summed E-state index contributed by atoms with van der Waals surface area (Å²) in [7, 11) is 0. The maximum absolute atomic E-state index is 12.5. The molecule has 2 aromatic carbocycles. The van der Waals surface area contributed by atoms with E-state index >= 15 is 0 Å². The second-order valence-electron chi connectivity index (χ2n) is 6.26. The summed E-state index contributed by atoms with van der Waals surface area (Å²) < 4.78 is 0. The van der Waals surface area contributed by atoms with Crippen molar-refractivity contribution in [3.63, 3.8) is 0 Å². The molecule has 0 bridgehead atoms. The SMILES string of the molecule is CC(=O)N(CC(=O)Nc1cc(C)ccc1C)c1cc(C)ccc1C. The van der Waals surface area contributed by atoms with E-state index in [2.05, 4.69) is 5.32 Å². The third-order valence-corrected chi connectivity index (χ3v) is 4.00. The lowest BCUT2D eigenvalue weighted by molar-refractivity contribution is -0.120. The summed E-state index contributed by atoms with van der Waals surface area (Å²) in [5, 5.41) is 2.91. The number of nitrogens with zero attached hydrogens (tertiary/aromatic N) is 1. The minimum Gasteiger partial charge on any atom is -0.324 e. The molecule has 4 nitrogen and oxygen atoms in total. The molecule has 0 aliphatic heterocycles. The van der Waals surface area contributed by atoms with Crippen LogP contribution in [-0.2, 0) is 9.59 Å². The molecule has 4 heteroatoms. The van der Waals surface area contributed by atoms with Crippen molar-refractivity contribution in [3.8, 4) is 0 Å². The van der Waals surface area contributed by atoms with Gasteiger partial charge in [-0.25, -0.2) is 0 Å². The number of anilines is 2. The zero-order valence-electron chi connectivity index (χ0n) is 14.9. The highest BCUT2D eigenvalue weighted by atomic mass is 16.2. The van der Waals surface area contributed by atoms with E-state index in [1.165, 1.54) is 11.8 Å². The van der Waals surface area contributed by atoms with Gasteiger partial charge >= 0.3 is 0 Å². The minimum absolute atomic E-state index is 0.00694. The summed E-state index contributed by atoms with van der Waals surface area (Å²) in [4.78, 5) is 26.0. The first-order chi connectivity index (χ1) is 11.3. The number of benzene rings is 2. The number of carbonyl (C=O) groups excluding carboxylic acids is 2. The topological polar surface area (TPSA) is 49.4 Å². The van der Waals surface area contributed by atoms with Crippen molar-refractivity contribution in [3.05, 3.63) is 58.7 Å². The molecule has 0 aliphatic rings. The number of aryl methyl sites for hydroxylation is 4. The third kappa shape index (κ3) is 4.22. The lowest BCUT2D eigenvalue weighted by atomic mass is 10.1. The molecule has 0 atom stereocenters. The van der Waals surface area contributed by atoms with Crippen molar-refractivity contribution < 1.29 is 9.59 Å². The van der Waals surface area contributed by atoms with Gasteiger partial charge < -0.3 is 10.2 Å². The Kier molecular flexibility index (Phi) is 5.39. The summed E-state index contributed by atoms with van der Waals surface area (Å²) in [6, 6.07) is 11.8. The Labute approximate surface area is 143 Å². The molecule has 24 heavy (non-hydrogen) atoms. The standard InChI is InChI=1S/C20H24N2O2/c1-13-6-8-15(3)18(10-13)21-20(24)12-22(17(5)23)19-11-14(2)7-9-16(19)4/h6-11H,12H2,1-5H3,(H,21,24). The number of hydrogen-bond acceptors (Lipinski definition) is 2. The summed E-state index contributed by atoms with van der Waals surface area (Å²) >= 11 is 0. The molecule has 0 radical (unpaired) electrons. The molecule has 2 aromatic rings. The first-order valence-corrected chi connectivity index (χ1v) is 8.00. The number of amides is 2. The highest BCUT2D eigenvalue weighted by Gasteiger charge is 2.18. The van der Waals surface area contributed by atoms with Crippen LogP contribution in [0.3, 0.4) is 0 Å². The van der Waals surface area contributed by atoms with Gasteiger partial charge in [0.05, 0.1) is 0 Å². The van der Waals surface area contributed by atoms with Crippen molar-refractivity contribution in [1.82, 2.24) is 0 Å². The van der Waals surface area contributed by atoms with Gasteiger partial charge in [-0.2, -0.15) is 0 Å². The molecule has 2 rings (SSSR count). The predicted octanol–water partition coefficient (Wildman–Crippen LogP) is 3.91. The number of nitrogens with one attached hydrogen (secondary N) is 1. The van der Waals surface area contributed by atoms with Gasteiger partial charge in [0.1, 0.15) is 6.54 Å². The molecule has 126 valence electrons. The Bertz CT molecular complexity index is 781. The fraction of sp³-hybridized carbons (Fsp3) is 0.300. The fourth-order valence-corrected chi connectivity index (χ4v) is 2.58. The summed E-state index contributed by atoms with van der Waals surface area (Å²) in [5.41, 5.74) is 5.65. The molecular weight excluding hydrogens is 300 g/mol. The minimum atomic E-state index is -0.209. The van der Waals surface area contributed by atoms with Crippen LogP contribution < -0.4 is 10.2 Å². The Morgan fingerprint density at radius 2 is 1.50 bits per heavy atom. The Morgan fingerprint density at radius 3 is 2.12 bits per heavy atom. The smallest absolute Gasteiger partial charge is 0.244 e. The largest absolute Gasteiger partial charge is 0.324 e. The lowest BCUT2D eigenvalue weighted by Crippen LogP contribution is -2.37. The second kappa shape index (κ2) is 7.30. The van der Waals surface area contributed by atoms with Crippen molar-refractivity contribution in [2.45, 2.75) is 34.6 Å². The quantitative estimate of drug-likeness (QED) is 0.927. The van der Waals surface area contributed by atoms with Crippen LogP contribution in [-0.4, -0.2) is 18.4 Å². The molecular formula is C20H24N2O2. The molecule has 0 unspecified atom stereocenters. The van der Waals surface area contributed by atoms with Crippen molar-refractivity contribution in [2.75, 3.05) is 16.8 Å². The lowest BCUT2D eigenvalue weighted by Gasteiger charge is -2.23. The summed E-state index contributed by atoms with van der Waals surface area (Å²) in [5.74, 6) is -0.361. The van der Waals surface area contributed by atoms with Crippen LogP contribution in [0.15, 0.2) is 36.4 Å². The molecule has 0 fully saturated rings. The summed E-state index contributed by atoms with van der Waals surface area (Å²) in [6.07, 6.45) is 0. The van der Waals surface area contributed by atoms with Crippen molar-refractivity contribution in [2.24, 2.45) is 0 Å². The Hall–Kier alpha value is -2.62. The van der Waals surface area contributed by atoms with E-state index in [0.717, 1.165) is 33.6 Å². The Morgan fingerprint density at radius 1 is 0.917 bits per heavy atom. The van der Waals surface area contributed by atoms with E-state index in [4.69, 9.17) is 0 Å². The zero-order chi connectivity index (χ0) is 17.9. The van der Waals surface area contributed by atoms with Gasteiger partial charge in [0.2, 0.25) is 11.8 Å². The van der Waals surface area contributed by atoms with Crippen LogP contribution in [0.5, 0.6) is 0 Å². The molecule has 0 spiro atoms. The summed E-state index contributed by atoms with van der Waals surface area (Å²) in [6.45, 7) is 9.31. The third-order valence-electron chi connectivity index (χ3n) is 4.00. The normalized spacial score (nSPS) is 10.4.